The number of halogens is 3. The number of aromatic nitrogens is 3. The number of rotatable bonds is 4. The molecular formula is C20H21F3N4O. The summed E-state index contributed by atoms with van der Waals surface area (Å²) in [5.74, 6) is 0.422. The Hall–Kier alpha value is -2.77. The lowest BCUT2D eigenvalue weighted by Gasteiger charge is -2.22. The van der Waals surface area contributed by atoms with E-state index in [1.54, 1.807) is 18.3 Å². The number of nitrogens with zero attached hydrogens (tertiary/aromatic N) is 2. The van der Waals surface area contributed by atoms with Crippen LogP contribution in [-0.2, 0) is 6.42 Å². The second-order valence-electron chi connectivity index (χ2n) is 7.27. The van der Waals surface area contributed by atoms with E-state index in [1.165, 1.54) is 18.6 Å². The molecular weight excluding hydrogens is 369 g/mol. The Balaban J connectivity index is 1.66. The lowest BCUT2D eigenvalue weighted by atomic mass is 9.95. The van der Waals surface area contributed by atoms with Crippen LogP contribution < -0.4 is 10.9 Å². The first-order chi connectivity index (χ1) is 13.4. The van der Waals surface area contributed by atoms with Gasteiger partial charge < -0.3 is 10.3 Å². The molecule has 1 aromatic carbocycles. The van der Waals surface area contributed by atoms with E-state index in [4.69, 9.17) is 0 Å². The van der Waals surface area contributed by atoms with E-state index in [0.29, 0.717) is 16.9 Å². The third kappa shape index (κ3) is 3.90. The average Bonchev–Trinajstić information content (AvgIpc) is 3.03. The van der Waals surface area contributed by atoms with Crippen LogP contribution in [0.2, 0.25) is 0 Å². The molecule has 28 heavy (non-hydrogen) atoms. The van der Waals surface area contributed by atoms with Gasteiger partial charge in [0, 0.05) is 11.9 Å². The third-order valence-corrected chi connectivity index (χ3v) is 5.17. The van der Waals surface area contributed by atoms with Gasteiger partial charge in [-0.3, -0.25) is 9.48 Å². The fourth-order valence-electron chi connectivity index (χ4n) is 3.87. The van der Waals surface area contributed by atoms with Gasteiger partial charge in [-0.1, -0.05) is 31.4 Å². The van der Waals surface area contributed by atoms with Crippen molar-refractivity contribution in [3.05, 3.63) is 52.4 Å². The number of nitrogens with one attached hydrogen (secondary N) is 2. The number of H-pyrrole nitrogens is 1. The molecule has 1 saturated carbocycles. The highest BCUT2D eigenvalue weighted by atomic mass is 19.4. The summed E-state index contributed by atoms with van der Waals surface area (Å²) >= 11 is 0. The van der Waals surface area contributed by atoms with Gasteiger partial charge >= 0.3 is 6.18 Å². The largest absolute Gasteiger partial charge is 0.393 e. The first kappa shape index (κ1) is 18.6. The Morgan fingerprint density at radius 1 is 1.11 bits per heavy atom. The fourth-order valence-corrected chi connectivity index (χ4v) is 3.87. The molecule has 1 aliphatic rings. The second kappa shape index (κ2) is 7.33. The summed E-state index contributed by atoms with van der Waals surface area (Å²) in [6, 6.07) is 8.10. The molecule has 0 aliphatic heterocycles. The molecule has 0 bridgehead atoms. The number of hydrogen-bond donors (Lipinski definition) is 2. The van der Waals surface area contributed by atoms with Crippen LogP contribution in [0.25, 0.3) is 10.9 Å². The number of benzene rings is 1. The lowest BCUT2D eigenvalue weighted by Crippen LogP contribution is -2.14. The minimum atomic E-state index is -4.24. The van der Waals surface area contributed by atoms with Crippen LogP contribution in [-0.4, -0.2) is 20.9 Å². The molecule has 8 heteroatoms. The molecule has 0 amide bonds. The van der Waals surface area contributed by atoms with E-state index < -0.39 is 12.6 Å². The van der Waals surface area contributed by atoms with Crippen molar-refractivity contribution < 1.29 is 13.2 Å². The van der Waals surface area contributed by atoms with Crippen molar-refractivity contribution in [1.82, 2.24) is 14.8 Å². The van der Waals surface area contributed by atoms with Crippen LogP contribution in [0.5, 0.6) is 0 Å². The van der Waals surface area contributed by atoms with Crippen LogP contribution >= 0.6 is 0 Å². The van der Waals surface area contributed by atoms with Gasteiger partial charge in [0.2, 0.25) is 0 Å². The second-order valence-corrected chi connectivity index (χ2v) is 7.27. The van der Waals surface area contributed by atoms with E-state index in [1.807, 2.05) is 10.7 Å². The molecule has 148 valence electrons. The summed E-state index contributed by atoms with van der Waals surface area (Å²) in [6.07, 6.45) is 1.94. The van der Waals surface area contributed by atoms with Crippen molar-refractivity contribution >= 4 is 22.4 Å². The van der Waals surface area contributed by atoms with Crippen molar-refractivity contribution in [2.45, 2.75) is 50.7 Å². The standard InChI is InChI=1S/C20H21F3N4O/c21-20(22,23)12-13-6-8-14(9-7-13)25-18-17-16(10-11-24-19(17)28)27(26-18)15-4-2-1-3-5-15/h6-11,15H,1-5,12H2,(H,24,28)(H,25,26). The summed E-state index contributed by atoms with van der Waals surface area (Å²) < 4.78 is 39.5. The lowest BCUT2D eigenvalue weighted by molar-refractivity contribution is -0.127. The number of fused-ring (bicyclic) bond motifs is 1. The van der Waals surface area contributed by atoms with Crippen LogP contribution in [0, 0.1) is 0 Å². The molecule has 0 radical (unpaired) electrons. The van der Waals surface area contributed by atoms with E-state index in [2.05, 4.69) is 15.4 Å². The molecule has 2 heterocycles. The molecule has 0 saturated heterocycles. The predicted molar refractivity (Wildman–Crippen MR) is 102 cm³/mol. The molecule has 3 aromatic rings. The zero-order valence-electron chi connectivity index (χ0n) is 15.2. The molecule has 2 N–H and O–H groups in total. The minimum absolute atomic E-state index is 0.188. The maximum atomic E-state index is 12.5. The molecule has 1 fully saturated rings. The molecule has 4 rings (SSSR count). The third-order valence-electron chi connectivity index (χ3n) is 5.17. The van der Waals surface area contributed by atoms with Crippen molar-refractivity contribution in [2.24, 2.45) is 0 Å². The normalized spacial score (nSPS) is 15.8. The van der Waals surface area contributed by atoms with Crippen molar-refractivity contribution in [1.29, 1.82) is 0 Å². The molecule has 2 aromatic heterocycles. The Morgan fingerprint density at radius 2 is 1.82 bits per heavy atom. The summed E-state index contributed by atoms with van der Waals surface area (Å²) in [5, 5.41) is 8.23. The monoisotopic (exact) mass is 390 g/mol. The zero-order valence-corrected chi connectivity index (χ0v) is 15.2. The highest BCUT2D eigenvalue weighted by Gasteiger charge is 2.27. The van der Waals surface area contributed by atoms with Crippen molar-refractivity contribution in [3.63, 3.8) is 0 Å². The van der Waals surface area contributed by atoms with Gasteiger partial charge in [0.05, 0.1) is 18.0 Å². The van der Waals surface area contributed by atoms with Crippen LogP contribution in [0.1, 0.15) is 43.7 Å². The SMILES string of the molecule is O=c1[nH]ccc2c1c(Nc1ccc(CC(F)(F)F)cc1)nn2C1CCCCC1. The summed E-state index contributed by atoms with van der Waals surface area (Å²) in [7, 11) is 0. The zero-order chi connectivity index (χ0) is 19.7. The highest BCUT2D eigenvalue weighted by Crippen LogP contribution is 2.33. The Morgan fingerprint density at radius 3 is 2.50 bits per heavy atom. The number of anilines is 2. The fraction of sp³-hybridized carbons (Fsp3) is 0.400. The minimum Gasteiger partial charge on any atom is -0.338 e. The van der Waals surface area contributed by atoms with Crippen molar-refractivity contribution in [3.8, 4) is 0 Å². The molecule has 0 atom stereocenters. The van der Waals surface area contributed by atoms with Crippen LogP contribution in [0.4, 0.5) is 24.7 Å². The topological polar surface area (TPSA) is 62.7 Å². The first-order valence-electron chi connectivity index (χ1n) is 9.43. The van der Waals surface area contributed by atoms with Crippen LogP contribution in [0.3, 0.4) is 0 Å². The van der Waals surface area contributed by atoms with Crippen molar-refractivity contribution in [2.75, 3.05) is 5.32 Å². The van der Waals surface area contributed by atoms with Gasteiger partial charge in [-0.2, -0.15) is 18.3 Å². The van der Waals surface area contributed by atoms with Gasteiger partial charge in [0.25, 0.3) is 5.56 Å². The average molecular weight is 390 g/mol. The van der Waals surface area contributed by atoms with Gasteiger partial charge in [-0.25, -0.2) is 0 Å². The highest BCUT2D eigenvalue weighted by molar-refractivity contribution is 5.91. The smallest absolute Gasteiger partial charge is 0.338 e. The maximum Gasteiger partial charge on any atom is 0.393 e. The predicted octanol–water partition coefficient (Wildman–Crippen LogP) is 5.08. The Kier molecular flexibility index (Phi) is 4.87. The van der Waals surface area contributed by atoms with E-state index in [-0.39, 0.29) is 17.2 Å². The molecule has 1 aliphatic carbocycles. The first-order valence-corrected chi connectivity index (χ1v) is 9.43. The number of hydrogen-bond acceptors (Lipinski definition) is 3. The van der Waals surface area contributed by atoms with Gasteiger partial charge in [0.15, 0.2) is 5.82 Å². The van der Waals surface area contributed by atoms with E-state index >= 15 is 0 Å². The van der Waals surface area contributed by atoms with Crippen LogP contribution in [0.15, 0.2) is 41.3 Å². The molecule has 0 spiro atoms. The number of pyridine rings is 1. The van der Waals surface area contributed by atoms with Gasteiger partial charge in [-0.15, -0.1) is 0 Å². The number of alkyl halides is 3. The molecule has 0 unspecified atom stereocenters. The Bertz CT molecular complexity index is 1010. The Labute approximate surface area is 159 Å². The summed E-state index contributed by atoms with van der Waals surface area (Å²) in [6.45, 7) is 0. The summed E-state index contributed by atoms with van der Waals surface area (Å²) in [4.78, 5) is 15.1. The maximum absolute atomic E-state index is 12.5. The van der Waals surface area contributed by atoms with Gasteiger partial charge in [-0.05, 0) is 36.6 Å². The number of aromatic amines is 1. The van der Waals surface area contributed by atoms with E-state index in [0.717, 1.165) is 31.2 Å². The quantitative estimate of drug-likeness (QED) is 0.653. The van der Waals surface area contributed by atoms with Gasteiger partial charge in [0.1, 0.15) is 5.39 Å². The van der Waals surface area contributed by atoms with E-state index in [9.17, 15) is 18.0 Å². The molecule has 5 nitrogen and oxygen atoms in total. The summed E-state index contributed by atoms with van der Waals surface area (Å²) in [5.41, 5.74) is 1.31.